The summed E-state index contributed by atoms with van der Waals surface area (Å²) in [5, 5.41) is 5.99. The van der Waals surface area contributed by atoms with Crippen molar-refractivity contribution in [3.05, 3.63) is 54.4 Å². The molecule has 0 aliphatic heterocycles. The SMILES string of the molecule is COc1ccc(NC(=O)N[C@@H]2CCC[C@H](c3nc4ccccc4[nH]3)C2)cc1. The molecule has 2 atom stereocenters. The van der Waals surface area contributed by atoms with Crippen LogP contribution in [0.5, 0.6) is 5.75 Å². The summed E-state index contributed by atoms with van der Waals surface area (Å²) < 4.78 is 5.13. The first-order chi connectivity index (χ1) is 13.2. The molecule has 1 heterocycles. The molecule has 27 heavy (non-hydrogen) atoms. The molecule has 0 bridgehead atoms. The molecule has 1 fully saturated rings. The Morgan fingerprint density at radius 2 is 1.96 bits per heavy atom. The van der Waals surface area contributed by atoms with E-state index in [2.05, 4.69) is 15.6 Å². The Kier molecular flexibility index (Phi) is 4.96. The number of hydrogen-bond acceptors (Lipinski definition) is 3. The molecule has 1 aliphatic rings. The van der Waals surface area contributed by atoms with Crippen molar-refractivity contribution in [2.24, 2.45) is 0 Å². The number of amides is 2. The zero-order valence-corrected chi connectivity index (χ0v) is 15.4. The number of aromatic amines is 1. The van der Waals surface area contributed by atoms with E-state index >= 15 is 0 Å². The number of fused-ring (bicyclic) bond motifs is 1. The molecule has 0 radical (unpaired) electrons. The molecule has 0 unspecified atom stereocenters. The molecule has 0 spiro atoms. The zero-order chi connectivity index (χ0) is 18.6. The fourth-order valence-corrected chi connectivity index (χ4v) is 3.76. The number of rotatable bonds is 4. The van der Waals surface area contributed by atoms with E-state index in [1.54, 1.807) is 7.11 Å². The van der Waals surface area contributed by atoms with Gasteiger partial charge in [0.25, 0.3) is 0 Å². The van der Waals surface area contributed by atoms with Crippen molar-refractivity contribution < 1.29 is 9.53 Å². The first-order valence-electron chi connectivity index (χ1n) is 9.37. The number of ether oxygens (including phenoxy) is 1. The Morgan fingerprint density at radius 3 is 2.74 bits per heavy atom. The highest BCUT2D eigenvalue weighted by Gasteiger charge is 2.26. The largest absolute Gasteiger partial charge is 0.497 e. The van der Waals surface area contributed by atoms with Gasteiger partial charge < -0.3 is 20.4 Å². The second-order valence-electron chi connectivity index (χ2n) is 7.03. The van der Waals surface area contributed by atoms with E-state index in [4.69, 9.17) is 9.72 Å². The number of para-hydroxylation sites is 2. The normalized spacial score (nSPS) is 19.6. The predicted octanol–water partition coefficient (Wildman–Crippen LogP) is 4.42. The molecule has 0 saturated heterocycles. The van der Waals surface area contributed by atoms with Gasteiger partial charge in [0.05, 0.1) is 18.1 Å². The summed E-state index contributed by atoms with van der Waals surface area (Å²) in [6.07, 6.45) is 4.07. The van der Waals surface area contributed by atoms with E-state index in [0.29, 0.717) is 5.92 Å². The van der Waals surface area contributed by atoms with Crippen LogP contribution < -0.4 is 15.4 Å². The lowest BCUT2D eigenvalue weighted by Crippen LogP contribution is -2.40. The van der Waals surface area contributed by atoms with Gasteiger partial charge in [-0.1, -0.05) is 18.6 Å². The highest BCUT2D eigenvalue weighted by molar-refractivity contribution is 5.89. The molecule has 1 aliphatic carbocycles. The summed E-state index contributed by atoms with van der Waals surface area (Å²) in [5.74, 6) is 2.14. The third-order valence-corrected chi connectivity index (χ3v) is 5.15. The number of H-pyrrole nitrogens is 1. The molecule has 3 aromatic rings. The van der Waals surface area contributed by atoms with Crippen LogP contribution in [0.15, 0.2) is 48.5 Å². The first-order valence-corrected chi connectivity index (χ1v) is 9.37. The van der Waals surface area contributed by atoms with Crippen molar-refractivity contribution in [2.75, 3.05) is 12.4 Å². The van der Waals surface area contributed by atoms with E-state index in [9.17, 15) is 4.79 Å². The highest BCUT2D eigenvalue weighted by Crippen LogP contribution is 2.32. The first kappa shape index (κ1) is 17.4. The number of methoxy groups -OCH3 is 1. The van der Waals surface area contributed by atoms with Gasteiger partial charge in [-0.2, -0.15) is 0 Å². The van der Waals surface area contributed by atoms with Gasteiger partial charge in [0.2, 0.25) is 0 Å². The summed E-state index contributed by atoms with van der Waals surface area (Å²) in [6.45, 7) is 0. The number of nitrogens with zero attached hydrogens (tertiary/aromatic N) is 1. The van der Waals surface area contributed by atoms with Crippen LogP contribution in [0.4, 0.5) is 10.5 Å². The Labute approximate surface area is 158 Å². The van der Waals surface area contributed by atoms with Crippen molar-refractivity contribution in [1.29, 1.82) is 0 Å². The van der Waals surface area contributed by atoms with Gasteiger partial charge in [-0.15, -0.1) is 0 Å². The smallest absolute Gasteiger partial charge is 0.319 e. The minimum absolute atomic E-state index is 0.148. The van der Waals surface area contributed by atoms with E-state index < -0.39 is 0 Å². The number of carbonyl (C=O) groups excluding carboxylic acids is 1. The van der Waals surface area contributed by atoms with Crippen LogP contribution >= 0.6 is 0 Å². The third-order valence-electron chi connectivity index (χ3n) is 5.15. The van der Waals surface area contributed by atoms with Crippen LogP contribution in [0.3, 0.4) is 0 Å². The quantitative estimate of drug-likeness (QED) is 0.641. The minimum Gasteiger partial charge on any atom is -0.497 e. The van der Waals surface area contributed by atoms with E-state index in [-0.39, 0.29) is 12.1 Å². The fraction of sp³-hybridized carbons (Fsp3) is 0.333. The number of urea groups is 1. The Morgan fingerprint density at radius 1 is 1.15 bits per heavy atom. The molecule has 6 nitrogen and oxygen atoms in total. The lowest BCUT2D eigenvalue weighted by atomic mass is 9.85. The van der Waals surface area contributed by atoms with Gasteiger partial charge in [0.1, 0.15) is 11.6 Å². The maximum absolute atomic E-state index is 12.3. The number of carbonyl (C=O) groups is 1. The molecule has 4 rings (SSSR count). The lowest BCUT2D eigenvalue weighted by molar-refractivity contribution is 0.242. The molecule has 1 aromatic heterocycles. The molecule has 6 heteroatoms. The number of benzene rings is 2. The number of hydrogen-bond donors (Lipinski definition) is 3. The monoisotopic (exact) mass is 364 g/mol. The van der Waals surface area contributed by atoms with Crippen molar-refractivity contribution in [3.8, 4) is 5.75 Å². The molecule has 2 amide bonds. The summed E-state index contributed by atoms with van der Waals surface area (Å²) in [7, 11) is 1.62. The van der Waals surface area contributed by atoms with E-state index in [1.807, 2.05) is 48.5 Å². The minimum atomic E-state index is -0.171. The topological polar surface area (TPSA) is 79.0 Å². The standard InChI is InChI=1S/C21H24N4O2/c1-27-17-11-9-15(10-12-17)22-21(26)23-16-6-4-5-14(13-16)20-24-18-7-2-3-8-19(18)25-20/h2-3,7-12,14,16H,4-6,13H2,1H3,(H,24,25)(H2,22,23,26)/t14-,16+/m0/s1. The Hall–Kier alpha value is -3.02. The highest BCUT2D eigenvalue weighted by atomic mass is 16.5. The van der Waals surface area contributed by atoms with Crippen LogP contribution in [0.25, 0.3) is 11.0 Å². The lowest BCUT2D eigenvalue weighted by Gasteiger charge is -2.28. The molecular formula is C21H24N4O2. The summed E-state index contributed by atoms with van der Waals surface area (Å²) >= 11 is 0. The van der Waals surface area contributed by atoms with Crippen LogP contribution in [0.2, 0.25) is 0 Å². The van der Waals surface area contributed by atoms with Crippen LogP contribution in [-0.2, 0) is 0 Å². The number of aromatic nitrogens is 2. The van der Waals surface area contributed by atoms with E-state index in [0.717, 1.165) is 54.0 Å². The Balaban J connectivity index is 1.36. The maximum Gasteiger partial charge on any atom is 0.319 e. The van der Waals surface area contributed by atoms with E-state index in [1.165, 1.54) is 0 Å². The Bertz CT molecular complexity index is 886. The fourth-order valence-electron chi connectivity index (χ4n) is 3.76. The maximum atomic E-state index is 12.3. The van der Waals surface area contributed by atoms with Gasteiger partial charge >= 0.3 is 6.03 Å². The molecule has 1 saturated carbocycles. The second kappa shape index (κ2) is 7.70. The van der Waals surface area contributed by atoms with Gasteiger partial charge in [-0.05, 0) is 55.7 Å². The van der Waals surface area contributed by atoms with Gasteiger partial charge in [-0.25, -0.2) is 9.78 Å². The molecule has 2 aromatic carbocycles. The predicted molar refractivity (Wildman–Crippen MR) is 106 cm³/mol. The molecule has 3 N–H and O–H groups in total. The van der Waals surface area contributed by atoms with Gasteiger partial charge in [-0.3, -0.25) is 0 Å². The van der Waals surface area contributed by atoms with Crippen molar-refractivity contribution in [2.45, 2.75) is 37.6 Å². The van der Waals surface area contributed by atoms with Crippen molar-refractivity contribution in [3.63, 3.8) is 0 Å². The average molecular weight is 364 g/mol. The number of imidazole rings is 1. The van der Waals surface area contributed by atoms with Crippen LogP contribution in [-0.4, -0.2) is 29.2 Å². The van der Waals surface area contributed by atoms with Crippen molar-refractivity contribution in [1.82, 2.24) is 15.3 Å². The third kappa shape index (κ3) is 4.05. The summed E-state index contributed by atoms with van der Waals surface area (Å²) in [6, 6.07) is 15.4. The second-order valence-corrected chi connectivity index (χ2v) is 7.03. The summed E-state index contributed by atoms with van der Waals surface area (Å²) in [4.78, 5) is 20.5. The number of anilines is 1. The van der Waals surface area contributed by atoms with Gasteiger partial charge in [0, 0.05) is 17.6 Å². The van der Waals surface area contributed by atoms with Gasteiger partial charge in [0.15, 0.2) is 0 Å². The average Bonchev–Trinajstić information content (AvgIpc) is 3.13. The molecule has 140 valence electrons. The van der Waals surface area contributed by atoms with Crippen LogP contribution in [0, 0.1) is 0 Å². The zero-order valence-electron chi connectivity index (χ0n) is 15.4. The summed E-state index contributed by atoms with van der Waals surface area (Å²) in [5.41, 5.74) is 2.82. The number of nitrogens with one attached hydrogen (secondary N) is 3. The van der Waals surface area contributed by atoms with Crippen molar-refractivity contribution >= 4 is 22.8 Å². The molecular weight excluding hydrogens is 340 g/mol. The van der Waals surface area contributed by atoms with Crippen LogP contribution in [0.1, 0.15) is 37.4 Å².